The van der Waals surface area contributed by atoms with Gasteiger partial charge in [0.15, 0.2) is 0 Å². The molecule has 154 valence electrons. The molecule has 5 N–H and O–H groups in total. The first-order valence-electron chi connectivity index (χ1n) is 8.37. The SMILES string of the molecule is CCOC(=O)Nc1cc(NCC(=NO)c2ccc(OC)cc2)c([N+](=O)[O-])c(N)n1. The predicted molar refractivity (Wildman–Crippen MR) is 106 cm³/mol. The third kappa shape index (κ3) is 5.45. The van der Waals surface area contributed by atoms with E-state index in [0.717, 1.165) is 0 Å². The molecule has 1 amide bonds. The topological polar surface area (TPSA) is 174 Å². The fraction of sp³-hybridized carbons (Fsp3) is 0.235. The fourth-order valence-corrected chi connectivity index (χ4v) is 2.38. The number of anilines is 3. The van der Waals surface area contributed by atoms with Gasteiger partial charge < -0.3 is 25.7 Å². The van der Waals surface area contributed by atoms with Crippen LogP contribution in [0.2, 0.25) is 0 Å². The van der Waals surface area contributed by atoms with Gasteiger partial charge >= 0.3 is 11.8 Å². The number of nitrogens with one attached hydrogen (secondary N) is 2. The van der Waals surface area contributed by atoms with Crippen LogP contribution in [0.4, 0.5) is 27.8 Å². The van der Waals surface area contributed by atoms with Crippen molar-refractivity contribution < 1.29 is 24.4 Å². The summed E-state index contributed by atoms with van der Waals surface area (Å²) in [6.45, 7) is 1.68. The van der Waals surface area contributed by atoms with Crippen molar-refractivity contribution >= 4 is 34.8 Å². The van der Waals surface area contributed by atoms with Crippen LogP contribution in [0, 0.1) is 10.1 Å². The molecule has 0 spiro atoms. The van der Waals surface area contributed by atoms with Crippen molar-refractivity contribution in [2.24, 2.45) is 5.16 Å². The molecule has 0 unspecified atom stereocenters. The second-order valence-corrected chi connectivity index (χ2v) is 5.52. The van der Waals surface area contributed by atoms with E-state index in [0.29, 0.717) is 11.3 Å². The minimum atomic E-state index is -0.782. The normalized spacial score (nSPS) is 10.9. The van der Waals surface area contributed by atoms with Crippen LogP contribution in [0.3, 0.4) is 0 Å². The molecule has 1 aromatic carbocycles. The molecule has 0 bridgehead atoms. The number of methoxy groups -OCH3 is 1. The highest BCUT2D eigenvalue weighted by Gasteiger charge is 2.22. The first kappa shape index (κ1) is 21.2. The van der Waals surface area contributed by atoms with Gasteiger partial charge in [-0.2, -0.15) is 0 Å². The maximum Gasteiger partial charge on any atom is 0.412 e. The molecular weight excluding hydrogens is 384 g/mol. The summed E-state index contributed by atoms with van der Waals surface area (Å²) in [4.78, 5) is 26.0. The highest BCUT2D eigenvalue weighted by molar-refractivity contribution is 6.03. The fourth-order valence-electron chi connectivity index (χ4n) is 2.38. The number of ether oxygens (including phenoxy) is 2. The Morgan fingerprint density at radius 2 is 2.07 bits per heavy atom. The second-order valence-electron chi connectivity index (χ2n) is 5.52. The number of nitro groups is 1. The van der Waals surface area contributed by atoms with Crippen LogP contribution in [-0.4, -0.2) is 47.2 Å². The number of oxime groups is 1. The molecule has 2 rings (SSSR count). The van der Waals surface area contributed by atoms with Crippen molar-refractivity contribution in [2.45, 2.75) is 6.92 Å². The van der Waals surface area contributed by atoms with Gasteiger partial charge in [-0.05, 0) is 31.2 Å². The number of nitrogens with two attached hydrogens (primary N) is 1. The summed E-state index contributed by atoms with van der Waals surface area (Å²) < 4.78 is 9.82. The van der Waals surface area contributed by atoms with Gasteiger partial charge in [0.05, 0.1) is 25.2 Å². The van der Waals surface area contributed by atoms with Crippen LogP contribution in [-0.2, 0) is 4.74 Å². The molecule has 1 aromatic heterocycles. The molecule has 1 heterocycles. The van der Waals surface area contributed by atoms with Crippen LogP contribution >= 0.6 is 0 Å². The van der Waals surface area contributed by atoms with Gasteiger partial charge in [-0.3, -0.25) is 15.4 Å². The quantitative estimate of drug-likeness (QED) is 0.223. The molecule has 29 heavy (non-hydrogen) atoms. The molecule has 0 saturated carbocycles. The number of nitrogen functional groups attached to an aromatic ring is 1. The monoisotopic (exact) mass is 404 g/mol. The van der Waals surface area contributed by atoms with E-state index in [9.17, 15) is 20.1 Å². The van der Waals surface area contributed by atoms with E-state index >= 15 is 0 Å². The van der Waals surface area contributed by atoms with Crippen LogP contribution in [0.15, 0.2) is 35.5 Å². The Hall–Kier alpha value is -4.09. The van der Waals surface area contributed by atoms with E-state index in [4.69, 9.17) is 15.2 Å². The van der Waals surface area contributed by atoms with E-state index in [-0.39, 0.29) is 30.4 Å². The van der Waals surface area contributed by atoms with Gasteiger partial charge in [-0.15, -0.1) is 0 Å². The Balaban J connectivity index is 2.27. The summed E-state index contributed by atoms with van der Waals surface area (Å²) in [5, 5.41) is 29.0. The Kier molecular flexibility index (Phi) is 7.12. The van der Waals surface area contributed by atoms with Gasteiger partial charge in [0.1, 0.15) is 23.0 Å². The molecule has 12 heteroatoms. The molecule has 0 aliphatic carbocycles. The van der Waals surface area contributed by atoms with Gasteiger partial charge in [0.25, 0.3) is 0 Å². The Morgan fingerprint density at radius 3 is 2.62 bits per heavy atom. The number of hydrogen-bond donors (Lipinski definition) is 4. The Labute approximate surface area is 165 Å². The zero-order valence-corrected chi connectivity index (χ0v) is 15.7. The molecule has 0 saturated heterocycles. The first-order chi connectivity index (χ1) is 13.9. The molecule has 0 aliphatic heterocycles. The van der Waals surface area contributed by atoms with Gasteiger partial charge in [0.2, 0.25) is 5.82 Å². The van der Waals surface area contributed by atoms with E-state index in [2.05, 4.69) is 20.8 Å². The van der Waals surface area contributed by atoms with E-state index < -0.39 is 22.5 Å². The van der Waals surface area contributed by atoms with Crippen LogP contribution in [0.5, 0.6) is 5.75 Å². The molecule has 0 aliphatic rings. The number of aromatic nitrogens is 1. The van der Waals surface area contributed by atoms with Gasteiger partial charge in [0, 0.05) is 11.6 Å². The van der Waals surface area contributed by atoms with Crippen molar-refractivity contribution in [3.8, 4) is 5.75 Å². The molecular formula is C17H20N6O6. The number of rotatable bonds is 8. The number of carbonyl (C=O) groups excluding carboxylic acids is 1. The number of amides is 1. The smallest absolute Gasteiger partial charge is 0.412 e. The van der Waals surface area contributed by atoms with Crippen LogP contribution in [0.1, 0.15) is 12.5 Å². The van der Waals surface area contributed by atoms with Crippen molar-refractivity contribution in [3.05, 3.63) is 46.0 Å². The van der Waals surface area contributed by atoms with E-state index in [1.165, 1.54) is 13.2 Å². The van der Waals surface area contributed by atoms with E-state index in [1.807, 2.05) is 0 Å². The molecule has 0 radical (unpaired) electrons. The maximum absolute atomic E-state index is 11.6. The number of nitrogens with zero attached hydrogens (tertiary/aromatic N) is 3. The Morgan fingerprint density at radius 1 is 1.38 bits per heavy atom. The average Bonchev–Trinajstić information content (AvgIpc) is 2.68. The summed E-state index contributed by atoms with van der Waals surface area (Å²) in [5.74, 6) is 0.172. The van der Waals surface area contributed by atoms with Crippen molar-refractivity contribution in [1.82, 2.24) is 4.98 Å². The van der Waals surface area contributed by atoms with Crippen molar-refractivity contribution in [3.63, 3.8) is 0 Å². The third-order valence-corrected chi connectivity index (χ3v) is 3.70. The zero-order chi connectivity index (χ0) is 21.4. The number of benzene rings is 1. The highest BCUT2D eigenvalue weighted by Crippen LogP contribution is 2.32. The largest absolute Gasteiger partial charge is 0.497 e. The van der Waals surface area contributed by atoms with Crippen LogP contribution < -0.4 is 21.1 Å². The van der Waals surface area contributed by atoms with Crippen molar-refractivity contribution in [2.75, 3.05) is 36.6 Å². The molecule has 12 nitrogen and oxygen atoms in total. The lowest BCUT2D eigenvalue weighted by molar-refractivity contribution is -0.383. The van der Waals surface area contributed by atoms with Crippen molar-refractivity contribution in [1.29, 1.82) is 0 Å². The zero-order valence-electron chi connectivity index (χ0n) is 15.7. The molecule has 2 aromatic rings. The summed E-state index contributed by atoms with van der Waals surface area (Å²) in [5.41, 5.74) is 5.94. The number of hydrogen-bond acceptors (Lipinski definition) is 10. The lowest BCUT2D eigenvalue weighted by atomic mass is 10.1. The van der Waals surface area contributed by atoms with Crippen LogP contribution in [0.25, 0.3) is 0 Å². The number of carbonyl (C=O) groups is 1. The summed E-state index contributed by atoms with van der Waals surface area (Å²) in [7, 11) is 1.52. The summed E-state index contributed by atoms with van der Waals surface area (Å²) >= 11 is 0. The lowest BCUT2D eigenvalue weighted by Gasteiger charge is -2.12. The predicted octanol–water partition coefficient (Wildman–Crippen LogP) is 2.44. The van der Waals surface area contributed by atoms with Gasteiger partial charge in [-0.1, -0.05) is 5.16 Å². The highest BCUT2D eigenvalue weighted by atomic mass is 16.6. The first-order valence-corrected chi connectivity index (χ1v) is 8.37. The average molecular weight is 404 g/mol. The molecule has 0 fully saturated rings. The lowest BCUT2D eigenvalue weighted by Crippen LogP contribution is -2.18. The minimum absolute atomic E-state index is 0.0241. The van der Waals surface area contributed by atoms with E-state index in [1.54, 1.807) is 31.2 Å². The third-order valence-electron chi connectivity index (χ3n) is 3.70. The van der Waals surface area contributed by atoms with Gasteiger partial charge in [-0.25, -0.2) is 9.78 Å². The minimum Gasteiger partial charge on any atom is -0.497 e. The standard InChI is InChI=1S/C17H20N6O6/c1-3-29-17(24)21-14-8-12(15(23(26)27)16(18)20-14)19-9-13(22-25)10-4-6-11(28-2)7-5-10/h4-8,25H,3,9H2,1-2H3,(H4,18,19,20,21,24). The molecule has 0 atom stereocenters. The summed E-state index contributed by atoms with van der Waals surface area (Å²) in [6.07, 6.45) is -0.782. The maximum atomic E-state index is 11.6. The summed E-state index contributed by atoms with van der Waals surface area (Å²) in [6, 6.07) is 7.91. The number of pyridine rings is 1. The second kappa shape index (κ2) is 9.73. The Bertz CT molecular complexity index is 915.